The van der Waals surface area contributed by atoms with E-state index in [-0.39, 0.29) is 11.7 Å². The number of alkyl carbamates (subject to hydrolysis) is 1. The molecule has 120 valence electrons. The fourth-order valence-corrected chi connectivity index (χ4v) is 5.31. The van der Waals surface area contributed by atoms with Gasteiger partial charge in [-0.3, -0.25) is 0 Å². The summed E-state index contributed by atoms with van der Waals surface area (Å²) in [5.74, 6) is 2.49. The van der Waals surface area contributed by atoms with Gasteiger partial charge in [-0.25, -0.2) is 4.79 Å². The van der Waals surface area contributed by atoms with E-state index in [1.807, 2.05) is 0 Å². The fraction of sp³-hybridized carbons (Fsp3) is 0.944. The molecule has 4 bridgehead atoms. The van der Waals surface area contributed by atoms with Crippen LogP contribution in [0.15, 0.2) is 0 Å². The predicted octanol–water partition coefficient (Wildman–Crippen LogP) is 4.65. The zero-order valence-electron chi connectivity index (χ0n) is 13.5. The van der Waals surface area contributed by atoms with Crippen LogP contribution < -0.4 is 5.32 Å². The van der Waals surface area contributed by atoms with Gasteiger partial charge in [0.1, 0.15) is 5.60 Å². The summed E-state index contributed by atoms with van der Waals surface area (Å²) in [5, 5.41) is 2.97. The van der Waals surface area contributed by atoms with Gasteiger partial charge in [-0.2, -0.15) is 0 Å². The highest BCUT2D eigenvalue weighted by atomic mass is 16.6. The van der Waals surface area contributed by atoms with E-state index < -0.39 is 0 Å². The normalized spacial score (nSPS) is 36.7. The first-order valence-electron chi connectivity index (χ1n) is 9.16. The molecular weight excluding hydrogens is 262 g/mol. The molecule has 1 N–H and O–H groups in total. The second kappa shape index (κ2) is 6.58. The molecule has 0 aromatic rings. The predicted molar refractivity (Wildman–Crippen MR) is 84.1 cm³/mol. The molecule has 3 nitrogen and oxygen atoms in total. The number of hydrogen-bond acceptors (Lipinski definition) is 2. The summed E-state index contributed by atoms with van der Waals surface area (Å²) >= 11 is 0. The maximum absolute atomic E-state index is 12.1. The topological polar surface area (TPSA) is 38.3 Å². The summed E-state index contributed by atoms with van der Waals surface area (Å²) in [6.07, 6.45) is 13.5. The van der Waals surface area contributed by atoms with Crippen LogP contribution in [-0.4, -0.2) is 18.2 Å². The molecule has 3 heteroatoms. The van der Waals surface area contributed by atoms with E-state index in [1.54, 1.807) is 0 Å². The number of carbonyl (C=O) groups is 1. The van der Waals surface area contributed by atoms with E-state index in [0.717, 1.165) is 50.0 Å². The molecule has 21 heavy (non-hydrogen) atoms. The van der Waals surface area contributed by atoms with Crippen molar-refractivity contribution < 1.29 is 9.53 Å². The quantitative estimate of drug-likeness (QED) is 0.694. The largest absolute Gasteiger partial charge is 0.443 e. The van der Waals surface area contributed by atoms with E-state index in [0.29, 0.717) is 0 Å². The van der Waals surface area contributed by atoms with E-state index >= 15 is 0 Å². The minimum Gasteiger partial charge on any atom is -0.443 e. The molecule has 0 heterocycles. The first-order chi connectivity index (χ1) is 10.2. The van der Waals surface area contributed by atoms with Crippen molar-refractivity contribution in [2.45, 2.75) is 83.2 Å². The van der Waals surface area contributed by atoms with Crippen molar-refractivity contribution >= 4 is 6.09 Å². The number of ether oxygens (including phenoxy) is 1. The first-order valence-corrected chi connectivity index (χ1v) is 9.16. The lowest BCUT2D eigenvalue weighted by atomic mass is 9.54. The smallest absolute Gasteiger partial charge is 0.407 e. The number of hydrogen-bond donors (Lipinski definition) is 1. The first kappa shape index (κ1) is 15.2. The van der Waals surface area contributed by atoms with Crippen molar-refractivity contribution in [1.82, 2.24) is 5.32 Å². The SMILES string of the molecule is CCCCCCCNC(=O)OC12CC3CC(CC(C3)C1)C2. The van der Waals surface area contributed by atoms with Crippen molar-refractivity contribution in [2.75, 3.05) is 6.54 Å². The van der Waals surface area contributed by atoms with Gasteiger partial charge in [-0.05, 0) is 62.7 Å². The van der Waals surface area contributed by atoms with Crippen molar-refractivity contribution in [3.05, 3.63) is 0 Å². The Morgan fingerprint density at radius 3 is 2.14 bits per heavy atom. The van der Waals surface area contributed by atoms with Crippen LogP contribution in [0.5, 0.6) is 0 Å². The van der Waals surface area contributed by atoms with Crippen LogP contribution in [0, 0.1) is 17.8 Å². The van der Waals surface area contributed by atoms with Gasteiger partial charge in [-0.1, -0.05) is 32.6 Å². The minimum absolute atomic E-state index is 0.0962. The number of rotatable bonds is 7. The summed E-state index contributed by atoms with van der Waals surface area (Å²) in [4.78, 5) is 12.1. The van der Waals surface area contributed by atoms with Crippen LogP contribution in [0.2, 0.25) is 0 Å². The molecular formula is C18H31NO2. The third kappa shape index (κ3) is 3.73. The molecule has 4 aliphatic carbocycles. The van der Waals surface area contributed by atoms with Crippen molar-refractivity contribution in [1.29, 1.82) is 0 Å². The lowest BCUT2D eigenvalue weighted by Gasteiger charge is -2.55. The Bertz CT molecular complexity index is 331. The van der Waals surface area contributed by atoms with Gasteiger partial charge in [0.25, 0.3) is 0 Å². The summed E-state index contributed by atoms with van der Waals surface area (Å²) in [6, 6.07) is 0. The third-order valence-electron chi connectivity index (χ3n) is 5.84. The van der Waals surface area contributed by atoms with E-state index in [9.17, 15) is 4.79 Å². The average Bonchev–Trinajstić information content (AvgIpc) is 2.40. The zero-order valence-corrected chi connectivity index (χ0v) is 13.5. The van der Waals surface area contributed by atoms with Crippen LogP contribution >= 0.6 is 0 Å². The molecule has 1 amide bonds. The summed E-state index contributed by atoms with van der Waals surface area (Å²) in [7, 11) is 0. The molecule has 4 aliphatic rings. The molecule has 0 atom stereocenters. The Morgan fingerprint density at radius 1 is 1.00 bits per heavy atom. The fourth-order valence-electron chi connectivity index (χ4n) is 5.31. The standard InChI is InChI=1S/C18H31NO2/c1-2-3-4-5-6-7-19-17(20)21-18-11-14-8-15(12-18)10-16(9-14)13-18/h14-16H,2-13H2,1H3,(H,19,20). The number of carbonyl (C=O) groups excluding carboxylic acids is 1. The second-order valence-corrected chi connectivity index (χ2v) is 7.83. The van der Waals surface area contributed by atoms with Crippen molar-refractivity contribution in [3.63, 3.8) is 0 Å². The van der Waals surface area contributed by atoms with E-state index in [1.165, 1.54) is 44.9 Å². The van der Waals surface area contributed by atoms with Gasteiger partial charge in [0.15, 0.2) is 0 Å². The Labute approximate surface area is 129 Å². The molecule has 0 unspecified atom stereocenters. The van der Waals surface area contributed by atoms with Gasteiger partial charge in [0, 0.05) is 6.54 Å². The lowest BCUT2D eigenvalue weighted by Crippen LogP contribution is -2.53. The molecule has 0 saturated heterocycles. The number of nitrogens with one attached hydrogen (secondary N) is 1. The number of amides is 1. The molecule has 0 aromatic carbocycles. The number of unbranched alkanes of at least 4 members (excludes halogenated alkanes) is 4. The Balaban J connectivity index is 1.39. The van der Waals surface area contributed by atoms with Crippen LogP contribution in [-0.2, 0) is 4.74 Å². The van der Waals surface area contributed by atoms with Crippen LogP contribution in [0.4, 0.5) is 4.79 Å². The summed E-state index contributed by atoms with van der Waals surface area (Å²) in [5.41, 5.74) is -0.0962. The van der Waals surface area contributed by atoms with Crippen LogP contribution in [0.1, 0.15) is 77.6 Å². The van der Waals surface area contributed by atoms with Crippen LogP contribution in [0.25, 0.3) is 0 Å². The van der Waals surface area contributed by atoms with E-state index in [2.05, 4.69) is 12.2 Å². The van der Waals surface area contributed by atoms with Gasteiger partial charge in [-0.15, -0.1) is 0 Å². The molecule has 0 spiro atoms. The zero-order chi connectivity index (χ0) is 14.7. The highest BCUT2D eigenvalue weighted by Crippen LogP contribution is 2.57. The molecule has 0 aromatic heterocycles. The minimum atomic E-state index is -0.160. The molecule has 4 fully saturated rings. The van der Waals surface area contributed by atoms with Gasteiger partial charge in [0.2, 0.25) is 0 Å². The van der Waals surface area contributed by atoms with Crippen molar-refractivity contribution in [2.24, 2.45) is 17.8 Å². The highest BCUT2D eigenvalue weighted by Gasteiger charge is 2.53. The lowest BCUT2D eigenvalue weighted by molar-refractivity contribution is -0.127. The highest BCUT2D eigenvalue weighted by molar-refractivity contribution is 5.67. The monoisotopic (exact) mass is 293 g/mol. The Hall–Kier alpha value is -0.730. The van der Waals surface area contributed by atoms with Gasteiger partial charge < -0.3 is 10.1 Å². The van der Waals surface area contributed by atoms with Crippen LogP contribution in [0.3, 0.4) is 0 Å². The Morgan fingerprint density at radius 2 is 1.57 bits per heavy atom. The maximum atomic E-state index is 12.1. The Kier molecular flexibility index (Phi) is 4.75. The summed E-state index contributed by atoms with van der Waals surface area (Å²) in [6.45, 7) is 3.00. The van der Waals surface area contributed by atoms with E-state index in [4.69, 9.17) is 4.74 Å². The molecule has 0 radical (unpaired) electrons. The summed E-state index contributed by atoms with van der Waals surface area (Å²) < 4.78 is 5.93. The molecule has 4 rings (SSSR count). The molecule has 0 aliphatic heterocycles. The average molecular weight is 293 g/mol. The molecule has 4 saturated carbocycles. The second-order valence-electron chi connectivity index (χ2n) is 7.83. The van der Waals surface area contributed by atoms with Gasteiger partial charge >= 0.3 is 6.09 Å². The van der Waals surface area contributed by atoms with Gasteiger partial charge in [0.05, 0.1) is 0 Å². The van der Waals surface area contributed by atoms with Crippen molar-refractivity contribution in [3.8, 4) is 0 Å². The maximum Gasteiger partial charge on any atom is 0.407 e. The third-order valence-corrected chi connectivity index (χ3v) is 5.84.